The van der Waals surface area contributed by atoms with Crippen LogP contribution < -0.4 is 14.8 Å². The van der Waals surface area contributed by atoms with E-state index in [1.807, 2.05) is 37.3 Å². The molecule has 3 aromatic rings. The molecule has 0 heterocycles. The Bertz CT molecular complexity index is 1100. The average molecular weight is 457 g/mol. The molecule has 8 heteroatoms. The minimum absolute atomic E-state index is 0.104. The van der Waals surface area contributed by atoms with Gasteiger partial charge in [-0.3, -0.25) is 9.52 Å². The lowest BCUT2D eigenvalue weighted by Gasteiger charge is -2.13. The molecule has 1 atom stereocenters. The Hall–Kier alpha value is -2.97. The van der Waals surface area contributed by atoms with Crippen LogP contribution in [0, 0.1) is 0 Å². The zero-order valence-electron chi connectivity index (χ0n) is 17.2. The molecule has 3 aromatic carbocycles. The minimum atomic E-state index is -3.74. The Morgan fingerprint density at radius 3 is 2.16 bits per heavy atom. The summed E-state index contributed by atoms with van der Waals surface area (Å²) in [6.45, 7) is 1.85. The van der Waals surface area contributed by atoms with Gasteiger partial charge in [0.15, 0.2) is 0 Å². The van der Waals surface area contributed by atoms with Gasteiger partial charge in [0, 0.05) is 17.1 Å². The fourth-order valence-corrected chi connectivity index (χ4v) is 4.61. The highest BCUT2D eigenvalue weighted by Crippen LogP contribution is 2.22. The first-order valence-electron chi connectivity index (χ1n) is 9.61. The number of ether oxygens (including phenoxy) is 1. The van der Waals surface area contributed by atoms with Crippen LogP contribution in [-0.2, 0) is 20.6 Å². The van der Waals surface area contributed by atoms with Gasteiger partial charge in [-0.25, -0.2) is 8.42 Å². The molecule has 0 bridgehead atoms. The van der Waals surface area contributed by atoms with Gasteiger partial charge in [0.1, 0.15) is 5.75 Å². The van der Waals surface area contributed by atoms with Crippen LogP contribution in [0.2, 0.25) is 0 Å². The predicted octanol–water partition coefficient (Wildman–Crippen LogP) is 4.76. The average Bonchev–Trinajstić information content (AvgIpc) is 2.78. The zero-order chi connectivity index (χ0) is 22.3. The number of carbonyl (C=O) groups excluding carboxylic acids is 1. The maximum absolute atomic E-state index is 12.6. The fraction of sp³-hybridized carbons (Fsp3) is 0.174. The summed E-state index contributed by atoms with van der Waals surface area (Å²) in [5.41, 5.74) is 2.13. The maximum Gasteiger partial charge on any atom is 0.261 e. The van der Waals surface area contributed by atoms with E-state index in [0.717, 1.165) is 11.3 Å². The minimum Gasteiger partial charge on any atom is -0.497 e. The summed E-state index contributed by atoms with van der Waals surface area (Å²) in [4.78, 5) is 12.5. The Balaban J connectivity index is 1.57. The van der Waals surface area contributed by atoms with Crippen molar-refractivity contribution in [2.75, 3.05) is 17.1 Å². The van der Waals surface area contributed by atoms with Gasteiger partial charge in [-0.2, -0.15) is 0 Å². The highest BCUT2D eigenvalue weighted by Gasteiger charge is 2.16. The third-order valence-corrected chi connectivity index (χ3v) is 7.10. The number of sulfonamides is 1. The van der Waals surface area contributed by atoms with Crippen LogP contribution >= 0.6 is 11.8 Å². The van der Waals surface area contributed by atoms with E-state index in [-0.39, 0.29) is 16.1 Å². The molecule has 0 radical (unpaired) electrons. The van der Waals surface area contributed by atoms with Crippen LogP contribution in [0.15, 0.2) is 83.8 Å². The van der Waals surface area contributed by atoms with E-state index < -0.39 is 10.0 Å². The number of carbonyl (C=O) groups is 1. The monoisotopic (exact) mass is 456 g/mol. The smallest absolute Gasteiger partial charge is 0.261 e. The van der Waals surface area contributed by atoms with E-state index in [4.69, 9.17) is 4.74 Å². The Kier molecular flexibility index (Phi) is 7.59. The molecule has 0 aliphatic carbocycles. The van der Waals surface area contributed by atoms with Crippen molar-refractivity contribution >= 4 is 39.1 Å². The molecular formula is C23H24N2O4S2. The quantitative estimate of drug-likeness (QED) is 0.485. The number of benzene rings is 3. The second-order valence-corrected chi connectivity index (χ2v) is 9.80. The lowest BCUT2D eigenvalue weighted by molar-refractivity contribution is -0.115. The molecule has 0 unspecified atom stereocenters. The predicted molar refractivity (Wildman–Crippen MR) is 126 cm³/mol. The molecule has 0 saturated carbocycles. The first-order valence-corrected chi connectivity index (χ1v) is 12.1. The summed E-state index contributed by atoms with van der Waals surface area (Å²) in [7, 11) is -2.20. The molecule has 0 saturated heterocycles. The first-order chi connectivity index (χ1) is 14.9. The van der Waals surface area contributed by atoms with Gasteiger partial charge in [-0.1, -0.05) is 30.3 Å². The number of methoxy groups -OCH3 is 1. The van der Waals surface area contributed by atoms with Crippen LogP contribution in [0.3, 0.4) is 0 Å². The summed E-state index contributed by atoms with van der Waals surface area (Å²) >= 11 is 1.54. The molecular weight excluding hydrogens is 432 g/mol. The van der Waals surface area contributed by atoms with Crippen molar-refractivity contribution in [3.63, 3.8) is 0 Å². The van der Waals surface area contributed by atoms with E-state index in [1.54, 1.807) is 55.3 Å². The highest BCUT2D eigenvalue weighted by molar-refractivity contribution is 7.99. The number of hydrogen-bond acceptors (Lipinski definition) is 5. The topological polar surface area (TPSA) is 84.5 Å². The highest BCUT2D eigenvalue weighted by atomic mass is 32.2. The second-order valence-electron chi connectivity index (χ2n) is 6.79. The van der Waals surface area contributed by atoms with Crippen LogP contribution in [0.5, 0.6) is 5.75 Å². The molecule has 2 N–H and O–H groups in total. The standard InChI is InChI=1S/C23H24N2O4S2/c1-17(30-16-18-6-4-3-5-7-18)23(26)24-19-10-14-22(15-11-19)31(27,28)25-20-8-12-21(29-2)13-9-20/h3-15,17,25H,16H2,1-2H3,(H,24,26)/t17-/m1/s1. The molecule has 1 amide bonds. The van der Waals surface area contributed by atoms with Gasteiger partial charge < -0.3 is 10.1 Å². The SMILES string of the molecule is COc1ccc(NS(=O)(=O)c2ccc(NC(=O)[C@@H](C)SCc3ccccc3)cc2)cc1. The Morgan fingerprint density at radius 1 is 0.935 bits per heavy atom. The number of hydrogen-bond donors (Lipinski definition) is 2. The molecule has 3 rings (SSSR count). The van der Waals surface area contributed by atoms with Gasteiger partial charge >= 0.3 is 0 Å². The molecule has 0 fully saturated rings. The van der Waals surface area contributed by atoms with Crippen LogP contribution in [0.25, 0.3) is 0 Å². The van der Waals surface area contributed by atoms with E-state index in [2.05, 4.69) is 10.0 Å². The summed E-state index contributed by atoms with van der Waals surface area (Å²) in [5, 5.41) is 2.58. The maximum atomic E-state index is 12.6. The molecule has 0 aliphatic rings. The third-order valence-electron chi connectivity index (χ3n) is 4.49. The second kappa shape index (κ2) is 10.4. The molecule has 162 valence electrons. The number of rotatable bonds is 9. The number of amides is 1. The van der Waals surface area contributed by atoms with Crippen LogP contribution in [-0.4, -0.2) is 26.7 Å². The largest absolute Gasteiger partial charge is 0.497 e. The van der Waals surface area contributed by atoms with Gasteiger partial charge in [-0.05, 0) is 61.0 Å². The van der Waals surface area contributed by atoms with Crippen molar-refractivity contribution in [2.45, 2.75) is 22.8 Å². The van der Waals surface area contributed by atoms with Gasteiger partial charge in [0.05, 0.1) is 17.3 Å². The summed E-state index contributed by atoms with van der Waals surface area (Å²) in [6.07, 6.45) is 0. The first kappa shape index (κ1) is 22.7. The lowest BCUT2D eigenvalue weighted by Crippen LogP contribution is -2.22. The summed E-state index contributed by atoms with van der Waals surface area (Å²) in [5.74, 6) is 1.25. The third kappa shape index (κ3) is 6.50. The van der Waals surface area contributed by atoms with Crippen molar-refractivity contribution < 1.29 is 17.9 Å². The van der Waals surface area contributed by atoms with Crippen LogP contribution in [0.4, 0.5) is 11.4 Å². The van der Waals surface area contributed by atoms with E-state index in [0.29, 0.717) is 17.1 Å². The normalized spacial score (nSPS) is 12.1. The summed E-state index contributed by atoms with van der Waals surface area (Å²) in [6, 6.07) is 22.6. The summed E-state index contributed by atoms with van der Waals surface area (Å²) < 4.78 is 32.8. The van der Waals surface area contributed by atoms with Crippen LogP contribution in [0.1, 0.15) is 12.5 Å². The van der Waals surface area contributed by atoms with Gasteiger partial charge in [-0.15, -0.1) is 11.8 Å². The molecule has 0 aliphatic heterocycles. The fourth-order valence-electron chi connectivity index (χ4n) is 2.71. The van der Waals surface area contributed by atoms with E-state index >= 15 is 0 Å². The lowest BCUT2D eigenvalue weighted by atomic mass is 10.2. The zero-order valence-corrected chi connectivity index (χ0v) is 18.9. The molecule has 31 heavy (non-hydrogen) atoms. The van der Waals surface area contributed by atoms with Gasteiger partial charge in [0.2, 0.25) is 5.91 Å². The Morgan fingerprint density at radius 2 is 1.55 bits per heavy atom. The number of nitrogens with one attached hydrogen (secondary N) is 2. The molecule has 0 spiro atoms. The molecule has 6 nitrogen and oxygen atoms in total. The van der Waals surface area contributed by atoms with Crippen molar-refractivity contribution in [3.05, 3.63) is 84.4 Å². The molecule has 0 aromatic heterocycles. The van der Waals surface area contributed by atoms with Crippen molar-refractivity contribution in [3.8, 4) is 5.75 Å². The van der Waals surface area contributed by atoms with Crippen molar-refractivity contribution in [2.24, 2.45) is 0 Å². The van der Waals surface area contributed by atoms with Crippen molar-refractivity contribution in [1.82, 2.24) is 0 Å². The van der Waals surface area contributed by atoms with E-state index in [1.165, 1.54) is 12.1 Å². The van der Waals surface area contributed by atoms with E-state index in [9.17, 15) is 13.2 Å². The van der Waals surface area contributed by atoms with Gasteiger partial charge in [0.25, 0.3) is 10.0 Å². The number of thioether (sulfide) groups is 1. The van der Waals surface area contributed by atoms with Crippen molar-refractivity contribution in [1.29, 1.82) is 0 Å². The number of anilines is 2. The Labute approximate surface area is 187 Å².